The minimum atomic E-state index is -0.513. The van der Waals surface area contributed by atoms with E-state index in [0.29, 0.717) is 6.42 Å². The van der Waals surface area contributed by atoms with Crippen molar-refractivity contribution < 1.29 is 10.2 Å². The number of benzene rings is 1. The van der Waals surface area contributed by atoms with E-state index in [1.165, 1.54) is 16.5 Å². The summed E-state index contributed by atoms with van der Waals surface area (Å²) in [6.07, 6.45) is 3.34. The van der Waals surface area contributed by atoms with Crippen molar-refractivity contribution in [2.75, 3.05) is 19.7 Å². The van der Waals surface area contributed by atoms with Crippen molar-refractivity contribution in [3.05, 3.63) is 47.2 Å². The maximum Gasteiger partial charge on any atom is 0.131 e. The van der Waals surface area contributed by atoms with Gasteiger partial charge in [0, 0.05) is 36.5 Å². The zero-order chi connectivity index (χ0) is 15.8. The summed E-state index contributed by atoms with van der Waals surface area (Å²) in [5.41, 5.74) is 4.60. The van der Waals surface area contributed by atoms with Crippen molar-refractivity contribution in [2.45, 2.75) is 31.5 Å². The van der Waals surface area contributed by atoms with E-state index in [2.05, 4.69) is 40.7 Å². The number of hydrogen-bond donors (Lipinski definition) is 2. The maximum atomic E-state index is 10.9. The van der Waals surface area contributed by atoms with E-state index in [1.807, 2.05) is 6.07 Å². The molecule has 3 aliphatic heterocycles. The quantitative estimate of drug-likeness (QED) is 0.794. The summed E-state index contributed by atoms with van der Waals surface area (Å²) in [6, 6.07) is 8.35. The standard InChI is InChI=1S/C19H22N2O2/c1-2-12-10-20-8-7-14-13-5-3-4-6-16(13)21-17(23)9-15(12)19(20,11-22)18(14)21/h2-6,15,17,22-23H,7-11H2,1H3/b12-2-/t15-,17+,19+/m1/s1. The van der Waals surface area contributed by atoms with Gasteiger partial charge < -0.3 is 14.8 Å². The van der Waals surface area contributed by atoms with Gasteiger partial charge in [-0.05, 0) is 25.0 Å². The molecule has 120 valence electrons. The number of para-hydroxylation sites is 1. The molecule has 0 bridgehead atoms. The summed E-state index contributed by atoms with van der Waals surface area (Å²) in [5.74, 6) is 0.211. The molecule has 3 aliphatic rings. The van der Waals surface area contributed by atoms with Gasteiger partial charge in [0.1, 0.15) is 6.23 Å². The summed E-state index contributed by atoms with van der Waals surface area (Å²) in [5, 5.41) is 22.6. The smallest absolute Gasteiger partial charge is 0.131 e. The highest BCUT2D eigenvalue weighted by molar-refractivity contribution is 5.87. The number of fused-ring (bicyclic) bond motifs is 3. The molecule has 0 aliphatic carbocycles. The van der Waals surface area contributed by atoms with Gasteiger partial charge in [-0.1, -0.05) is 29.8 Å². The van der Waals surface area contributed by atoms with Crippen LogP contribution in [-0.2, 0) is 12.0 Å². The van der Waals surface area contributed by atoms with Gasteiger partial charge in [-0.2, -0.15) is 0 Å². The topological polar surface area (TPSA) is 48.6 Å². The predicted molar refractivity (Wildman–Crippen MR) is 89.1 cm³/mol. The van der Waals surface area contributed by atoms with Gasteiger partial charge in [0.25, 0.3) is 0 Å². The number of aliphatic hydroxyl groups excluding tert-OH is 2. The molecule has 2 N–H and O–H groups in total. The third-order valence-electron chi connectivity index (χ3n) is 6.38. The molecule has 0 spiro atoms. The van der Waals surface area contributed by atoms with Crippen LogP contribution in [-0.4, -0.2) is 39.4 Å². The zero-order valence-electron chi connectivity index (χ0n) is 13.4. The lowest BCUT2D eigenvalue weighted by molar-refractivity contribution is -0.0402. The van der Waals surface area contributed by atoms with Crippen molar-refractivity contribution >= 4 is 10.9 Å². The Labute approximate surface area is 135 Å². The van der Waals surface area contributed by atoms with Crippen LogP contribution in [0.25, 0.3) is 10.9 Å². The number of aromatic nitrogens is 1. The molecule has 2 aromatic rings. The Morgan fingerprint density at radius 3 is 2.96 bits per heavy atom. The maximum absolute atomic E-state index is 10.9. The molecule has 0 saturated carbocycles. The van der Waals surface area contributed by atoms with Gasteiger partial charge in [-0.25, -0.2) is 0 Å². The van der Waals surface area contributed by atoms with E-state index in [0.717, 1.165) is 30.7 Å². The van der Waals surface area contributed by atoms with E-state index in [1.54, 1.807) is 0 Å². The Morgan fingerprint density at radius 1 is 1.35 bits per heavy atom. The second kappa shape index (κ2) is 4.47. The molecule has 0 unspecified atom stereocenters. The number of aliphatic hydroxyl groups is 2. The van der Waals surface area contributed by atoms with E-state index in [9.17, 15) is 10.2 Å². The van der Waals surface area contributed by atoms with Gasteiger partial charge in [-0.3, -0.25) is 4.90 Å². The minimum Gasteiger partial charge on any atom is -0.394 e. The summed E-state index contributed by atoms with van der Waals surface area (Å²) in [7, 11) is 0. The predicted octanol–water partition coefficient (Wildman–Crippen LogP) is 2.16. The fourth-order valence-corrected chi connectivity index (χ4v) is 5.44. The van der Waals surface area contributed by atoms with E-state index < -0.39 is 6.23 Å². The third kappa shape index (κ3) is 1.43. The SMILES string of the molecule is C/C=C1/CN2CCc3c4n(c5ccccc35)[C@@H](O)C[C@H]1[C@@]42CO. The number of allylic oxidation sites excluding steroid dienone is 1. The highest BCUT2D eigenvalue weighted by atomic mass is 16.3. The van der Waals surface area contributed by atoms with Crippen molar-refractivity contribution in [1.82, 2.24) is 9.47 Å². The van der Waals surface area contributed by atoms with Crippen molar-refractivity contribution in [2.24, 2.45) is 5.92 Å². The monoisotopic (exact) mass is 310 g/mol. The summed E-state index contributed by atoms with van der Waals surface area (Å²) < 4.78 is 2.10. The fourth-order valence-electron chi connectivity index (χ4n) is 5.44. The molecule has 3 atom stereocenters. The molecule has 4 heterocycles. The summed E-state index contributed by atoms with van der Waals surface area (Å²) >= 11 is 0. The minimum absolute atomic E-state index is 0.116. The van der Waals surface area contributed by atoms with Crippen LogP contribution in [0, 0.1) is 5.92 Å². The fraction of sp³-hybridized carbons (Fsp3) is 0.474. The molecule has 1 aromatic heterocycles. The lowest BCUT2D eigenvalue weighted by Gasteiger charge is -2.49. The Kier molecular flexibility index (Phi) is 2.68. The van der Waals surface area contributed by atoms with E-state index >= 15 is 0 Å². The van der Waals surface area contributed by atoms with Crippen LogP contribution in [0.2, 0.25) is 0 Å². The van der Waals surface area contributed by atoms with Crippen LogP contribution < -0.4 is 0 Å². The molecule has 1 fully saturated rings. The van der Waals surface area contributed by atoms with Crippen LogP contribution in [0.5, 0.6) is 0 Å². The van der Waals surface area contributed by atoms with Crippen LogP contribution in [0.15, 0.2) is 35.9 Å². The van der Waals surface area contributed by atoms with Crippen LogP contribution in [0.3, 0.4) is 0 Å². The van der Waals surface area contributed by atoms with E-state index in [4.69, 9.17) is 0 Å². The second-order valence-electron chi connectivity index (χ2n) is 7.10. The first kappa shape index (κ1) is 13.8. The second-order valence-corrected chi connectivity index (χ2v) is 7.10. The molecule has 0 amide bonds. The molecule has 5 rings (SSSR count). The van der Waals surface area contributed by atoms with Gasteiger partial charge >= 0.3 is 0 Å². The number of nitrogens with zero attached hydrogens (tertiary/aromatic N) is 2. The lowest BCUT2D eigenvalue weighted by Crippen LogP contribution is -2.55. The van der Waals surface area contributed by atoms with Gasteiger partial charge in [-0.15, -0.1) is 0 Å². The molecule has 1 saturated heterocycles. The average Bonchev–Trinajstić information content (AvgIpc) is 3.08. The largest absolute Gasteiger partial charge is 0.394 e. The van der Waals surface area contributed by atoms with Crippen LogP contribution in [0.4, 0.5) is 0 Å². The number of hydrogen-bond acceptors (Lipinski definition) is 3. The molecule has 4 nitrogen and oxygen atoms in total. The van der Waals surface area contributed by atoms with Gasteiger partial charge in [0.15, 0.2) is 0 Å². The Hall–Kier alpha value is -1.62. The van der Waals surface area contributed by atoms with Gasteiger partial charge in [0.2, 0.25) is 0 Å². The molecule has 1 aromatic carbocycles. The molecule has 4 heteroatoms. The van der Waals surface area contributed by atoms with Crippen molar-refractivity contribution in [3.8, 4) is 0 Å². The highest BCUT2D eigenvalue weighted by Crippen LogP contribution is 2.57. The first-order chi connectivity index (χ1) is 11.2. The normalized spacial score (nSPS) is 34.3. The third-order valence-corrected chi connectivity index (χ3v) is 6.38. The van der Waals surface area contributed by atoms with E-state index in [-0.39, 0.29) is 18.1 Å². The summed E-state index contributed by atoms with van der Waals surface area (Å²) in [4.78, 5) is 2.44. The van der Waals surface area contributed by atoms with Crippen molar-refractivity contribution in [3.63, 3.8) is 0 Å². The Bertz CT molecular complexity index is 837. The highest BCUT2D eigenvalue weighted by Gasteiger charge is 2.59. The van der Waals surface area contributed by atoms with Crippen LogP contribution >= 0.6 is 0 Å². The first-order valence-corrected chi connectivity index (χ1v) is 8.53. The Balaban J connectivity index is 1.92. The average molecular weight is 310 g/mol. The molecule has 23 heavy (non-hydrogen) atoms. The first-order valence-electron chi connectivity index (χ1n) is 8.53. The molecule has 0 radical (unpaired) electrons. The summed E-state index contributed by atoms with van der Waals surface area (Å²) in [6.45, 7) is 4.09. The molecular formula is C19H22N2O2. The number of rotatable bonds is 1. The van der Waals surface area contributed by atoms with Gasteiger partial charge in [0.05, 0.1) is 17.7 Å². The lowest BCUT2D eigenvalue weighted by atomic mass is 9.72. The zero-order valence-corrected chi connectivity index (χ0v) is 13.4. The van der Waals surface area contributed by atoms with Crippen LogP contribution in [0.1, 0.15) is 30.8 Å². The van der Waals surface area contributed by atoms with Crippen molar-refractivity contribution in [1.29, 1.82) is 0 Å². The Morgan fingerprint density at radius 2 is 2.17 bits per heavy atom. The molecular weight excluding hydrogens is 288 g/mol.